The van der Waals surface area contributed by atoms with Crippen molar-refractivity contribution in [1.29, 1.82) is 0 Å². The van der Waals surface area contributed by atoms with Crippen LogP contribution in [0, 0.1) is 11.2 Å². The monoisotopic (exact) mass is 292 g/mol. The van der Waals surface area contributed by atoms with Gasteiger partial charge < -0.3 is 4.74 Å². The lowest BCUT2D eigenvalue weighted by molar-refractivity contribution is 0.379. The molecule has 3 nitrogen and oxygen atoms in total. The maximum absolute atomic E-state index is 4.80. The van der Waals surface area contributed by atoms with Gasteiger partial charge in [-0.25, -0.2) is 9.97 Å². The second kappa shape index (κ2) is 5.22. The molecule has 0 saturated heterocycles. The second-order valence-electron chi connectivity index (χ2n) is 1.76. The van der Waals surface area contributed by atoms with Crippen molar-refractivity contribution in [3.05, 3.63) is 18.0 Å². The van der Waals surface area contributed by atoms with Gasteiger partial charge in [0.2, 0.25) is 0 Å². The first-order valence-corrected chi connectivity index (χ1v) is 6.37. The van der Waals surface area contributed by atoms with Crippen molar-refractivity contribution in [2.45, 2.75) is 0 Å². The zero-order valence-corrected chi connectivity index (χ0v) is 9.22. The predicted molar refractivity (Wildman–Crippen MR) is 57.1 cm³/mol. The molecule has 0 unspecified atom stereocenters. The van der Waals surface area contributed by atoms with Gasteiger partial charge in [0.25, 0.3) is 0 Å². The van der Waals surface area contributed by atoms with E-state index in [0.29, 0.717) is 6.01 Å². The molecule has 62 valence electrons. The summed E-state index contributed by atoms with van der Waals surface area (Å²) in [5.41, 5.74) is 0.792. The SMILES string of the molecule is COc1ncc(C#CSI)cn1. The van der Waals surface area contributed by atoms with Crippen LogP contribution in [0.2, 0.25) is 0 Å². The van der Waals surface area contributed by atoms with E-state index in [1.54, 1.807) is 12.4 Å². The minimum absolute atomic E-state index is 0.364. The Bertz CT molecular complexity index is 303. The third kappa shape index (κ3) is 2.87. The van der Waals surface area contributed by atoms with Crippen LogP contribution in [0.4, 0.5) is 0 Å². The van der Waals surface area contributed by atoms with Gasteiger partial charge in [-0.1, -0.05) is 5.92 Å². The molecular formula is C7H5IN2OS. The van der Waals surface area contributed by atoms with Crippen molar-refractivity contribution in [2.75, 3.05) is 7.11 Å². The van der Waals surface area contributed by atoms with Gasteiger partial charge in [-0.05, 0) is 14.2 Å². The molecule has 0 bridgehead atoms. The van der Waals surface area contributed by atoms with Gasteiger partial charge in [-0.2, -0.15) is 0 Å². The van der Waals surface area contributed by atoms with Gasteiger partial charge in [-0.3, -0.25) is 0 Å². The number of nitrogens with zero attached hydrogens (tertiary/aromatic N) is 2. The molecule has 0 N–H and O–H groups in total. The fraction of sp³-hybridized carbons (Fsp3) is 0.143. The van der Waals surface area contributed by atoms with Crippen LogP contribution in [-0.2, 0) is 0 Å². The maximum atomic E-state index is 4.80. The lowest BCUT2D eigenvalue weighted by atomic mass is 10.4. The number of halogens is 1. The van der Waals surface area contributed by atoms with E-state index in [1.807, 2.05) is 0 Å². The Morgan fingerprint density at radius 1 is 1.50 bits per heavy atom. The molecule has 0 fully saturated rings. The molecule has 0 saturated carbocycles. The highest BCUT2D eigenvalue weighted by Crippen LogP contribution is 2.08. The normalized spacial score (nSPS) is 8.50. The molecule has 0 aliphatic heterocycles. The average Bonchev–Trinajstić information content (AvgIpc) is 2.15. The highest BCUT2D eigenvalue weighted by atomic mass is 127. The summed E-state index contributed by atoms with van der Waals surface area (Å²) in [5.74, 6) is 2.87. The predicted octanol–water partition coefficient (Wildman–Crippen LogP) is 1.88. The van der Waals surface area contributed by atoms with E-state index in [4.69, 9.17) is 4.74 Å². The minimum atomic E-state index is 0.364. The Morgan fingerprint density at radius 3 is 2.67 bits per heavy atom. The number of ether oxygens (including phenoxy) is 1. The molecule has 1 aromatic heterocycles. The molecule has 1 aromatic rings. The Hall–Kier alpha value is -0.480. The Balaban J connectivity index is 2.78. The van der Waals surface area contributed by atoms with Gasteiger partial charge in [0.1, 0.15) is 0 Å². The van der Waals surface area contributed by atoms with Crippen molar-refractivity contribution >= 4 is 30.1 Å². The topological polar surface area (TPSA) is 35.0 Å². The van der Waals surface area contributed by atoms with Gasteiger partial charge >= 0.3 is 6.01 Å². The quantitative estimate of drug-likeness (QED) is 0.585. The first kappa shape index (κ1) is 9.61. The summed E-state index contributed by atoms with van der Waals surface area (Å²) in [5, 5.41) is 2.83. The number of hydrogen-bond donors (Lipinski definition) is 0. The van der Waals surface area contributed by atoms with E-state index in [9.17, 15) is 0 Å². The van der Waals surface area contributed by atoms with Crippen molar-refractivity contribution < 1.29 is 4.74 Å². The molecule has 5 heteroatoms. The molecule has 0 radical (unpaired) electrons. The van der Waals surface area contributed by atoms with Gasteiger partial charge in [0.05, 0.1) is 12.7 Å². The summed E-state index contributed by atoms with van der Waals surface area (Å²) >= 11 is 2.11. The maximum Gasteiger partial charge on any atom is 0.316 e. The Labute approximate surface area is 86.9 Å². The molecule has 12 heavy (non-hydrogen) atoms. The highest BCUT2D eigenvalue weighted by Gasteiger charge is 1.92. The zero-order chi connectivity index (χ0) is 8.81. The van der Waals surface area contributed by atoms with Crippen molar-refractivity contribution in [3.63, 3.8) is 0 Å². The second-order valence-corrected chi connectivity index (χ2v) is 3.44. The van der Waals surface area contributed by atoms with Gasteiger partial charge in [-0.15, -0.1) is 0 Å². The zero-order valence-electron chi connectivity index (χ0n) is 6.24. The van der Waals surface area contributed by atoms with E-state index in [2.05, 4.69) is 42.3 Å². The van der Waals surface area contributed by atoms with E-state index in [0.717, 1.165) is 5.56 Å². The number of hydrogen-bond acceptors (Lipinski definition) is 4. The molecular weight excluding hydrogens is 287 g/mol. The first-order valence-electron chi connectivity index (χ1n) is 3.01. The van der Waals surface area contributed by atoms with E-state index in [1.165, 1.54) is 16.0 Å². The third-order valence-corrected chi connectivity index (χ3v) is 1.88. The average molecular weight is 292 g/mol. The fourth-order valence-corrected chi connectivity index (χ4v) is 1.05. The summed E-state index contributed by atoms with van der Waals surface area (Å²) in [6.45, 7) is 0. The minimum Gasteiger partial charge on any atom is -0.467 e. The summed E-state index contributed by atoms with van der Waals surface area (Å²) in [4.78, 5) is 7.81. The van der Waals surface area contributed by atoms with Crippen LogP contribution >= 0.6 is 30.1 Å². The van der Waals surface area contributed by atoms with E-state index in [-0.39, 0.29) is 0 Å². The van der Waals surface area contributed by atoms with Crippen LogP contribution in [0.25, 0.3) is 0 Å². The van der Waals surface area contributed by atoms with E-state index < -0.39 is 0 Å². The van der Waals surface area contributed by atoms with Crippen LogP contribution in [0.1, 0.15) is 5.56 Å². The van der Waals surface area contributed by atoms with Crippen LogP contribution < -0.4 is 4.74 Å². The van der Waals surface area contributed by atoms with E-state index >= 15 is 0 Å². The van der Waals surface area contributed by atoms with Crippen molar-refractivity contribution in [1.82, 2.24) is 9.97 Å². The highest BCUT2D eigenvalue weighted by molar-refractivity contribution is 14.2. The van der Waals surface area contributed by atoms with Crippen LogP contribution in [-0.4, -0.2) is 17.1 Å². The summed E-state index contributed by atoms with van der Waals surface area (Å²) in [6, 6.07) is 0.364. The standard InChI is InChI=1S/C7H5IN2OS/c1-11-7-9-4-6(5-10-7)2-3-12-8/h4-5H,1H3. The molecule has 1 rings (SSSR count). The van der Waals surface area contributed by atoms with Crippen LogP contribution in [0.15, 0.2) is 12.4 Å². The largest absolute Gasteiger partial charge is 0.467 e. The molecule has 0 aliphatic carbocycles. The summed E-state index contributed by atoms with van der Waals surface area (Å²) < 4.78 is 4.80. The van der Waals surface area contributed by atoms with Gasteiger partial charge in [0.15, 0.2) is 0 Å². The summed E-state index contributed by atoms with van der Waals surface area (Å²) in [7, 11) is 2.96. The van der Waals surface area contributed by atoms with Crippen molar-refractivity contribution in [2.24, 2.45) is 0 Å². The lowest BCUT2D eigenvalue weighted by Crippen LogP contribution is -1.90. The fourth-order valence-electron chi connectivity index (χ4n) is 0.564. The molecule has 0 aliphatic rings. The number of rotatable bonds is 1. The molecule has 0 amide bonds. The molecule has 0 spiro atoms. The summed E-state index contributed by atoms with van der Waals surface area (Å²) in [6.07, 6.45) is 3.26. The number of aromatic nitrogens is 2. The van der Waals surface area contributed by atoms with Crippen LogP contribution in [0.3, 0.4) is 0 Å². The third-order valence-electron chi connectivity index (χ3n) is 1.04. The van der Waals surface area contributed by atoms with Crippen molar-refractivity contribution in [3.8, 4) is 17.2 Å². The molecule has 0 atom stereocenters. The Kier molecular flexibility index (Phi) is 4.18. The Morgan fingerprint density at radius 2 is 2.17 bits per heavy atom. The van der Waals surface area contributed by atoms with Crippen LogP contribution in [0.5, 0.6) is 6.01 Å². The molecule has 0 aromatic carbocycles. The lowest BCUT2D eigenvalue weighted by Gasteiger charge is -1.94. The molecule has 1 heterocycles. The first-order chi connectivity index (χ1) is 5.86. The van der Waals surface area contributed by atoms with Gasteiger partial charge in [0, 0.05) is 33.6 Å². The number of methoxy groups -OCH3 is 1. The smallest absolute Gasteiger partial charge is 0.316 e.